The Morgan fingerprint density at radius 3 is 1.91 bits per heavy atom. The molecular weight excluding hydrogens is 564 g/mol. The smallest absolute Gasteiger partial charge is 0.295 e. The van der Waals surface area contributed by atoms with Crippen LogP contribution in [0.25, 0.3) is 78.0 Å². The van der Waals surface area contributed by atoms with E-state index in [-0.39, 0.29) is 5.69 Å². The second-order valence-electron chi connectivity index (χ2n) is 11.6. The molecule has 0 aliphatic carbocycles. The molecule has 0 fully saturated rings. The largest absolute Gasteiger partial charge is 0.328 e. The molecule has 0 aliphatic rings. The number of hydrogen-bond donors (Lipinski definition) is 0. The van der Waals surface area contributed by atoms with Gasteiger partial charge in [0.05, 0.1) is 22.4 Å². The van der Waals surface area contributed by atoms with Crippen molar-refractivity contribution in [3.63, 3.8) is 0 Å². The zero-order chi connectivity index (χ0) is 31.2. The van der Waals surface area contributed by atoms with Crippen molar-refractivity contribution in [1.29, 1.82) is 0 Å². The fourth-order valence-corrected chi connectivity index (χ4v) is 6.39. The summed E-state index contributed by atoms with van der Waals surface area (Å²) in [5.41, 5.74) is 10.8. The van der Waals surface area contributed by atoms with E-state index in [0.29, 0.717) is 5.82 Å². The Morgan fingerprint density at radius 1 is 0.478 bits per heavy atom. The molecular formula is C41H30N4O. The van der Waals surface area contributed by atoms with E-state index in [1.165, 1.54) is 0 Å². The number of aryl methyl sites for hydroxylation is 2. The van der Waals surface area contributed by atoms with E-state index in [2.05, 4.69) is 115 Å². The van der Waals surface area contributed by atoms with E-state index < -0.39 is 0 Å². The summed E-state index contributed by atoms with van der Waals surface area (Å²) in [6, 6.07) is 50.2. The van der Waals surface area contributed by atoms with Gasteiger partial charge in [-0.3, -0.25) is 9.13 Å². The maximum absolute atomic E-state index is 12.6. The van der Waals surface area contributed by atoms with Crippen LogP contribution in [0.3, 0.4) is 0 Å². The van der Waals surface area contributed by atoms with Crippen LogP contribution in [0.1, 0.15) is 0 Å². The summed E-state index contributed by atoms with van der Waals surface area (Å²) in [5.74, 6) is 0.672. The zero-order valence-corrected chi connectivity index (χ0v) is 25.6. The summed E-state index contributed by atoms with van der Waals surface area (Å²) in [5, 5.41) is 2.30. The Labute approximate surface area is 266 Å². The quantitative estimate of drug-likeness (QED) is 0.200. The van der Waals surface area contributed by atoms with Crippen LogP contribution in [0.2, 0.25) is 0 Å². The molecule has 0 unspecified atom stereocenters. The highest BCUT2D eigenvalue weighted by Crippen LogP contribution is 2.39. The molecule has 0 amide bonds. The van der Waals surface area contributed by atoms with Crippen molar-refractivity contribution in [2.24, 2.45) is 14.1 Å². The summed E-state index contributed by atoms with van der Waals surface area (Å²) in [7, 11) is 3.62. The van der Waals surface area contributed by atoms with Crippen LogP contribution in [0.4, 0.5) is 0 Å². The van der Waals surface area contributed by atoms with Crippen molar-refractivity contribution >= 4 is 21.8 Å². The molecule has 0 bridgehead atoms. The van der Waals surface area contributed by atoms with E-state index in [9.17, 15) is 4.79 Å². The lowest BCUT2D eigenvalue weighted by molar-refractivity contribution is 0.795. The van der Waals surface area contributed by atoms with Gasteiger partial charge in [-0.15, -0.1) is 0 Å². The third-order valence-corrected chi connectivity index (χ3v) is 8.79. The molecule has 8 rings (SSSR count). The van der Waals surface area contributed by atoms with Crippen LogP contribution in [0.15, 0.2) is 150 Å². The van der Waals surface area contributed by atoms with Crippen LogP contribution >= 0.6 is 0 Å². The summed E-state index contributed by atoms with van der Waals surface area (Å²) in [6.45, 7) is 0. The standard InChI is InChI=1S/C41H30N4O/c1-44-37-23-21-31(25-38(37)45(2)41(44)46)30-17-11-18-32(24-30)35-26-36(43-40(42-35)29-15-7-4-8-16-29)39-33-19-10-9-14-28(33)20-22-34(39)27-12-5-3-6-13-27/h3-26H,1-2H3. The molecule has 0 atom stereocenters. The maximum atomic E-state index is 12.6. The van der Waals surface area contributed by atoms with Crippen molar-refractivity contribution in [3.8, 4) is 56.2 Å². The van der Waals surface area contributed by atoms with Crippen LogP contribution in [-0.2, 0) is 14.1 Å². The van der Waals surface area contributed by atoms with Crippen molar-refractivity contribution < 1.29 is 0 Å². The second-order valence-corrected chi connectivity index (χ2v) is 11.6. The molecule has 0 saturated heterocycles. The van der Waals surface area contributed by atoms with Gasteiger partial charge in [0.15, 0.2) is 5.82 Å². The lowest BCUT2D eigenvalue weighted by Crippen LogP contribution is -2.19. The highest BCUT2D eigenvalue weighted by molar-refractivity contribution is 6.04. The normalized spacial score (nSPS) is 11.3. The minimum atomic E-state index is -0.0360. The van der Waals surface area contributed by atoms with Gasteiger partial charge < -0.3 is 0 Å². The minimum Gasteiger partial charge on any atom is -0.295 e. The van der Waals surface area contributed by atoms with Crippen LogP contribution in [0.5, 0.6) is 0 Å². The summed E-state index contributed by atoms with van der Waals surface area (Å²) in [4.78, 5) is 22.9. The highest BCUT2D eigenvalue weighted by atomic mass is 16.1. The van der Waals surface area contributed by atoms with Crippen LogP contribution < -0.4 is 5.69 Å². The lowest BCUT2D eigenvalue weighted by Gasteiger charge is -2.16. The Bertz CT molecular complexity index is 2460. The fraction of sp³-hybridized carbons (Fsp3) is 0.0488. The Hall–Kier alpha value is -6.07. The summed E-state index contributed by atoms with van der Waals surface area (Å²) >= 11 is 0. The summed E-state index contributed by atoms with van der Waals surface area (Å²) in [6.07, 6.45) is 0. The zero-order valence-electron chi connectivity index (χ0n) is 25.6. The van der Waals surface area contributed by atoms with Gasteiger partial charge in [0.1, 0.15) is 0 Å². The van der Waals surface area contributed by atoms with E-state index in [1.54, 1.807) is 16.2 Å². The van der Waals surface area contributed by atoms with Gasteiger partial charge in [0.25, 0.3) is 0 Å². The molecule has 5 heteroatoms. The van der Waals surface area contributed by atoms with Crippen molar-refractivity contribution in [3.05, 3.63) is 156 Å². The van der Waals surface area contributed by atoms with E-state index >= 15 is 0 Å². The first-order valence-corrected chi connectivity index (χ1v) is 15.3. The number of rotatable bonds is 5. The first-order chi connectivity index (χ1) is 22.5. The average Bonchev–Trinajstić information content (AvgIpc) is 3.34. The number of hydrogen-bond acceptors (Lipinski definition) is 3. The van der Waals surface area contributed by atoms with Crippen molar-refractivity contribution in [2.75, 3.05) is 0 Å². The second kappa shape index (κ2) is 11.1. The topological polar surface area (TPSA) is 52.7 Å². The third-order valence-electron chi connectivity index (χ3n) is 8.79. The Morgan fingerprint density at radius 2 is 1.11 bits per heavy atom. The van der Waals surface area contributed by atoms with Gasteiger partial charge in [0, 0.05) is 30.8 Å². The molecule has 0 N–H and O–H groups in total. The molecule has 0 saturated carbocycles. The van der Waals surface area contributed by atoms with E-state index in [0.717, 1.165) is 72.1 Å². The maximum Gasteiger partial charge on any atom is 0.328 e. The molecule has 5 nitrogen and oxygen atoms in total. The molecule has 220 valence electrons. The molecule has 0 aliphatic heterocycles. The van der Waals surface area contributed by atoms with Gasteiger partial charge >= 0.3 is 5.69 Å². The number of fused-ring (bicyclic) bond motifs is 2. The minimum absolute atomic E-state index is 0.0360. The van der Waals surface area contributed by atoms with Crippen molar-refractivity contribution in [1.82, 2.24) is 19.1 Å². The van der Waals surface area contributed by atoms with Gasteiger partial charge in [-0.2, -0.15) is 0 Å². The molecule has 6 aromatic carbocycles. The number of benzene rings is 6. The molecule has 2 heterocycles. The van der Waals surface area contributed by atoms with E-state index in [4.69, 9.17) is 9.97 Å². The van der Waals surface area contributed by atoms with Crippen LogP contribution in [-0.4, -0.2) is 19.1 Å². The lowest BCUT2D eigenvalue weighted by atomic mass is 9.91. The van der Waals surface area contributed by atoms with Gasteiger partial charge in [0.2, 0.25) is 0 Å². The molecule has 8 aromatic rings. The highest BCUT2D eigenvalue weighted by Gasteiger charge is 2.17. The molecule has 0 spiro atoms. The average molecular weight is 595 g/mol. The van der Waals surface area contributed by atoms with Gasteiger partial charge in [-0.25, -0.2) is 14.8 Å². The van der Waals surface area contributed by atoms with Crippen LogP contribution in [0, 0.1) is 0 Å². The fourth-order valence-electron chi connectivity index (χ4n) is 6.39. The Kier molecular flexibility index (Phi) is 6.65. The molecule has 2 aromatic heterocycles. The third kappa shape index (κ3) is 4.70. The number of imidazole rings is 1. The van der Waals surface area contributed by atoms with E-state index in [1.807, 2.05) is 37.4 Å². The predicted molar refractivity (Wildman–Crippen MR) is 188 cm³/mol. The van der Waals surface area contributed by atoms with Crippen molar-refractivity contribution in [2.45, 2.75) is 0 Å². The number of aromatic nitrogens is 4. The first kappa shape index (κ1) is 27.5. The number of nitrogens with zero attached hydrogens (tertiary/aromatic N) is 4. The van der Waals surface area contributed by atoms with Gasteiger partial charge in [-0.1, -0.05) is 121 Å². The molecule has 0 radical (unpaired) electrons. The molecule has 46 heavy (non-hydrogen) atoms. The van der Waals surface area contributed by atoms with Gasteiger partial charge in [-0.05, 0) is 57.3 Å². The SMILES string of the molecule is Cn1c(=O)n(C)c2cc(-c3cccc(-c4cc(-c5c(-c6ccccc6)ccc6ccccc56)nc(-c5ccccc5)n4)c3)ccc21. The first-order valence-electron chi connectivity index (χ1n) is 15.3. The predicted octanol–water partition coefficient (Wildman–Crippen LogP) is 9.16. The Balaban J connectivity index is 1.35. The summed E-state index contributed by atoms with van der Waals surface area (Å²) < 4.78 is 3.38. The monoisotopic (exact) mass is 594 g/mol.